The summed E-state index contributed by atoms with van der Waals surface area (Å²) in [5, 5.41) is 10.7. The van der Waals surface area contributed by atoms with Crippen LogP contribution in [0.2, 0.25) is 5.02 Å². The van der Waals surface area contributed by atoms with Crippen molar-refractivity contribution in [1.29, 1.82) is 0 Å². The number of carboxylic acids is 1. The van der Waals surface area contributed by atoms with E-state index in [0.717, 1.165) is 11.3 Å². The number of carbonyl (C=O) groups excluding carboxylic acids is 2. The highest BCUT2D eigenvalue weighted by atomic mass is 35.5. The number of thiophene rings is 1. The van der Waals surface area contributed by atoms with E-state index < -0.39 is 29.3 Å². The highest BCUT2D eigenvalue weighted by molar-refractivity contribution is 7.20. The number of hydrogen-bond acceptors (Lipinski definition) is 6. The summed E-state index contributed by atoms with van der Waals surface area (Å²) in [6.07, 6.45) is 0. The van der Waals surface area contributed by atoms with Crippen molar-refractivity contribution >= 4 is 57.4 Å². The van der Waals surface area contributed by atoms with E-state index in [0.29, 0.717) is 16.2 Å². The van der Waals surface area contributed by atoms with Gasteiger partial charge in [-0.25, -0.2) is 4.79 Å². The Balaban J connectivity index is 2.21. The number of carboxylic acid groups (broad SMARTS) is 1. The third-order valence-electron chi connectivity index (χ3n) is 3.52. The molecular formula is C16H16Cl2N4O5S. The van der Waals surface area contributed by atoms with Gasteiger partial charge in [0.2, 0.25) is 0 Å². The van der Waals surface area contributed by atoms with Crippen molar-refractivity contribution < 1.29 is 24.2 Å². The Morgan fingerprint density at radius 2 is 1.93 bits per heavy atom. The van der Waals surface area contributed by atoms with Crippen LogP contribution in [0.5, 0.6) is 5.75 Å². The molecule has 2 aromatic rings. The normalized spacial score (nSPS) is 12.8. The molecule has 3 amide bonds. The zero-order valence-corrected chi connectivity index (χ0v) is 16.5. The molecule has 0 saturated carbocycles. The van der Waals surface area contributed by atoms with Gasteiger partial charge in [-0.15, -0.1) is 22.9 Å². The van der Waals surface area contributed by atoms with Gasteiger partial charge in [-0.3, -0.25) is 14.9 Å². The second kappa shape index (κ2) is 9.11. The van der Waals surface area contributed by atoms with Crippen LogP contribution in [0, 0.1) is 0 Å². The summed E-state index contributed by atoms with van der Waals surface area (Å²) in [6, 6.07) is 4.09. The SMILES string of the molecule is NC(=O)Nc1sc(-c2ccc(OCC(Cl)[C@H](N)C(=O)O)cc2Cl)cc1C(N)=O. The summed E-state index contributed by atoms with van der Waals surface area (Å²) < 4.78 is 5.43. The minimum atomic E-state index is -1.27. The Morgan fingerprint density at radius 1 is 1.25 bits per heavy atom. The molecule has 9 nitrogen and oxygen atoms in total. The molecular weight excluding hydrogens is 431 g/mol. The minimum Gasteiger partial charge on any atom is -0.492 e. The van der Waals surface area contributed by atoms with E-state index in [2.05, 4.69) is 5.32 Å². The van der Waals surface area contributed by atoms with Crippen molar-refractivity contribution in [2.75, 3.05) is 11.9 Å². The van der Waals surface area contributed by atoms with E-state index in [9.17, 15) is 14.4 Å². The van der Waals surface area contributed by atoms with Crippen molar-refractivity contribution in [2.45, 2.75) is 11.4 Å². The van der Waals surface area contributed by atoms with Gasteiger partial charge < -0.3 is 27.0 Å². The Morgan fingerprint density at radius 3 is 2.46 bits per heavy atom. The van der Waals surface area contributed by atoms with Gasteiger partial charge in [-0.2, -0.15) is 0 Å². The maximum atomic E-state index is 11.6. The predicted octanol–water partition coefficient (Wildman–Crippen LogP) is 2.06. The third-order valence-corrected chi connectivity index (χ3v) is 5.32. The van der Waals surface area contributed by atoms with Crippen LogP contribution in [0.15, 0.2) is 24.3 Å². The summed E-state index contributed by atoms with van der Waals surface area (Å²) in [6.45, 7) is -0.137. The van der Waals surface area contributed by atoms with Crippen LogP contribution in [-0.2, 0) is 4.79 Å². The molecule has 0 radical (unpaired) electrons. The average molecular weight is 447 g/mol. The lowest BCUT2D eigenvalue weighted by molar-refractivity contribution is -0.138. The van der Waals surface area contributed by atoms with Gasteiger partial charge in [0.15, 0.2) is 0 Å². The molecule has 1 aromatic heterocycles. The predicted molar refractivity (Wildman–Crippen MR) is 107 cm³/mol. The van der Waals surface area contributed by atoms with Crippen LogP contribution >= 0.6 is 34.5 Å². The van der Waals surface area contributed by atoms with Crippen LogP contribution in [-0.4, -0.2) is 41.0 Å². The number of aliphatic carboxylic acids is 1. The molecule has 2 atom stereocenters. The zero-order valence-electron chi connectivity index (χ0n) is 14.1. The molecule has 1 unspecified atom stereocenters. The Labute approximate surface area is 173 Å². The number of carbonyl (C=O) groups is 3. The van der Waals surface area contributed by atoms with Gasteiger partial charge in [0.25, 0.3) is 5.91 Å². The number of hydrogen-bond donors (Lipinski definition) is 5. The fraction of sp³-hybridized carbons (Fsp3) is 0.188. The van der Waals surface area contributed by atoms with E-state index in [-0.39, 0.29) is 22.2 Å². The van der Waals surface area contributed by atoms with Crippen molar-refractivity contribution in [1.82, 2.24) is 0 Å². The topological polar surface area (TPSA) is 171 Å². The van der Waals surface area contributed by atoms with Gasteiger partial charge in [-0.1, -0.05) is 11.6 Å². The van der Waals surface area contributed by atoms with Gasteiger partial charge in [0, 0.05) is 10.4 Å². The smallest absolute Gasteiger partial charge is 0.322 e. The van der Waals surface area contributed by atoms with Crippen molar-refractivity contribution in [3.63, 3.8) is 0 Å². The van der Waals surface area contributed by atoms with Crippen molar-refractivity contribution in [3.05, 3.63) is 34.9 Å². The second-order valence-corrected chi connectivity index (χ2v) is 7.56. The molecule has 0 aliphatic carbocycles. The molecule has 0 saturated heterocycles. The molecule has 150 valence electrons. The largest absolute Gasteiger partial charge is 0.492 e. The highest BCUT2D eigenvalue weighted by Crippen LogP contribution is 2.39. The summed E-state index contributed by atoms with van der Waals surface area (Å²) >= 11 is 13.2. The molecule has 12 heteroatoms. The minimum absolute atomic E-state index is 0.0998. The molecule has 0 aliphatic heterocycles. The zero-order chi connectivity index (χ0) is 21.0. The Bertz CT molecular complexity index is 920. The lowest BCUT2D eigenvalue weighted by Crippen LogP contribution is -2.41. The number of amides is 3. The van der Waals surface area contributed by atoms with Crippen LogP contribution < -0.4 is 27.3 Å². The number of ether oxygens (including phenoxy) is 1. The average Bonchev–Trinajstić information content (AvgIpc) is 3.01. The van der Waals surface area contributed by atoms with Crippen LogP contribution in [0.1, 0.15) is 10.4 Å². The molecule has 28 heavy (non-hydrogen) atoms. The summed E-state index contributed by atoms with van der Waals surface area (Å²) in [4.78, 5) is 34.0. The number of nitrogens with two attached hydrogens (primary N) is 3. The van der Waals surface area contributed by atoms with E-state index in [1.54, 1.807) is 12.1 Å². The Kier molecular flexibility index (Phi) is 7.08. The van der Waals surface area contributed by atoms with Gasteiger partial charge >= 0.3 is 12.0 Å². The first-order chi connectivity index (χ1) is 13.1. The summed E-state index contributed by atoms with van der Waals surface area (Å²) in [5.41, 5.74) is 16.5. The third kappa shape index (κ3) is 5.26. The first kappa shape index (κ1) is 21.8. The molecule has 0 fully saturated rings. The fourth-order valence-corrected chi connectivity index (χ4v) is 3.74. The number of rotatable bonds is 8. The number of benzene rings is 1. The number of alkyl halides is 1. The number of primary amides is 2. The lowest BCUT2D eigenvalue weighted by Gasteiger charge is -2.15. The van der Waals surface area contributed by atoms with E-state index >= 15 is 0 Å². The summed E-state index contributed by atoms with van der Waals surface area (Å²) in [5.74, 6) is -1.62. The van der Waals surface area contributed by atoms with E-state index in [1.807, 2.05) is 0 Å². The molecule has 2 rings (SSSR count). The second-order valence-electron chi connectivity index (χ2n) is 5.54. The summed E-state index contributed by atoms with van der Waals surface area (Å²) in [7, 11) is 0. The highest BCUT2D eigenvalue weighted by Gasteiger charge is 2.23. The number of halogens is 2. The van der Waals surface area contributed by atoms with Gasteiger partial charge in [0.1, 0.15) is 23.4 Å². The number of nitrogens with one attached hydrogen (secondary N) is 1. The maximum Gasteiger partial charge on any atom is 0.322 e. The monoisotopic (exact) mass is 446 g/mol. The lowest BCUT2D eigenvalue weighted by atomic mass is 10.1. The maximum absolute atomic E-state index is 11.6. The molecule has 0 spiro atoms. The van der Waals surface area contributed by atoms with E-state index in [4.69, 9.17) is 50.2 Å². The van der Waals surface area contributed by atoms with Crippen LogP contribution in [0.4, 0.5) is 9.80 Å². The number of anilines is 1. The van der Waals surface area contributed by atoms with Gasteiger partial charge in [0.05, 0.1) is 16.0 Å². The first-order valence-corrected chi connectivity index (χ1v) is 9.28. The molecule has 0 aliphatic rings. The molecule has 1 aromatic carbocycles. The van der Waals surface area contributed by atoms with E-state index in [1.165, 1.54) is 12.1 Å². The number of urea groups is 1. The van der Waals surface area contributed by atoms with Crippen LogP contribution in [0.3, 0.4) is 0 Å². The molecule has 1 heterocycles. The standard InChI is InChI=1S/C16H16Cl2N4O5S/c17-9-3-6(27-5-10(18)12(19)15(24)25)1-2-7(9)11-4-8(13(20)23)14(28-11)22-16(21)26/h1-4,10,12H,5,19H2,(H2,20,23)(H,24,25)(H3,21,22,26)/t10?,12-/m0/s1. The molecule has 8 N–H and O–H groups in total. The first-order valence-electron chi connectivity index (χ1n) is 7.65. The Hall–Kier alpha value is -2.53. The van der Waals surface area contributed by atoms with Gasteiger partial charge in [-0.05, 0) is 24.3 Å². The van der Waals surface area contributed by atoms with Crippen molar-refractivity contribution in [3.8, 4) is 16.2 Å². The molecule has 0 bridgehead atoms. The van der Waals surface area contributed by atoms with Crippen molar-refractivity contribution in [2.24, 2.45) is 17.2 Å². The fourth-order valence-electron chi connectivity index (χ4n) is 2.13. The van der Waals surface area contributed by atoms with Crippen LogP contribution in [0.25, 0.3) is 10.4 Å². The quantitative estimate of drug-likeness (QED) is 0.388.